The molecule has 7 rings (SSSR count). The van der Waals surface area contributed by atoms with Gasteiger partial charge >= 0.3 is 6.36 Å². The van der Waals surface area contributed by atoms with Crippen LogP contribution in [0.15, 0.2) is 54.6 Å². The molecule has 4 aliphatic rings. The largest absolute Gasteiger partial charge is 0.573 e. The maximum absolute atomic E-state index is 12.7. The zero-order valence-corrected chi connectivity index (χ0v) is 18.7. The maximum atomic E-state index is 12.7. The van der Waals surface area contributed by atoms with Gasteiger partial charge in [0.05, 0.1) is 10.5 Å². The van der Waals surface area contributed by atoms with Crippen molar-refractivity contribution in [2.45, 2.75) is 50.4 Å². The number of ether oxygens (including phenoxy) is 1. The number of pyridine rings is 1. The standard InChI is InChI=1S/C26H24ClF3N2O/c27-22-3-1-2-19-4-9-23(31-24(19)22)32(20-5-7-21(8-6-20)33-26(28,29)30)25-13-16-10-17(14-25)12-18(11-16)15-25/h1-9,16-18H,10-15H2. The second-order valence-corrected chi connectivity index (χ2v) is 10.4. The van der Waals surface area contributed by atoms with Crippen molar-refractivity contribution in [3.05, 3.63) is 59.6 Å². The quantitative estimate of drug-likeness (QED) is 0.386. The van der Waals surface area contributed by atoms with Crippen molar-refractivity contribution in [2.24, 2.45) is 17.8 Å². The van der Waals surface area contributed by atoms with Crippen LogP contribution in [0.25, 0.3) is 10.9 Å². The molecular formula is C26H24ClF3N2O. The average Bonchev–Trinajstić information content (AvgIpc) is 2.73. The Hall–Kier alpha value is -2.47. The Kier molecular flexibility index (Phi) is 4.81. The lowest BCUT2D eigenvalue weighted by Crippen LogP contribution is -2.59. The predicted octanol–water partition coefficient (Wildman–Crippen LogP) is 7.89. The fourth-order valence-electron chi connectivity index (χ4n) is 7.01. The van der Waals surface area contributed by atoms with Gasteiger partial charge in [-0.15, -0.1) is 13.2 Å². The lowest BCUT2D eigenvalue weighted by atomic mass is 9.52. The zero-order chi connectivity index (χ0) is 22.8. The van der Waals surface area contributed by atoms with Crippen molar-refractivity contribution in [3.8, 4) is 5.75 Å². The molecule has 4 fully saturated rings. The lowest BCUT2D eigenvalue weighted by Gasteiger charge is -2.60. The first kappa shape index (κ1) is 21.1. The van der Waals surface area contributed by atoms with Crippen LogP contribution in [-0.4, -0.2) is 16.9 Å². The molecule has 2 aromatic carbocycles. The van der Waals surface area contributed by atoms with Gasteiger partial charge < -0.3 is 9.64 Å². The summed E-state index contributed by atoms with van der Waals surface area (Å²) in [5.74, 6) is 2.69. The number of anilines is 2. The van der Waals surface area contributed by atoms with Crippen LogP contribution < -0.4 is 9.64 Å². The summed E-state index contributed by atoms with van der Waals surface area (Å²) in [6.07, 6.45) is 2.43. The summed E-state index contributed by atoms with van der Waals surface area (Å²) in [5, 5.41) is 1.55. The van der Waals surface area contributed by atoms with Gasteiger partial charge in [0.2, 0.25) is 0 Å². The second-order valence-electron chi connectivity index (χ2n) is 10.0. The summed E-state index contributed by atoms with van der Waals surface area (Å²) in [5.41, 5.74) is 1.50. The van der Waals surface area contributed by atoms with E-state index in [2.05, 4.69) is 9.64 Å². The van der Waals surface area contributed by atoms with E-state index in [-0.39, 0.29) is 11.3 Å². The van der Waals surface area contributed by atoms with E-state index in [1.54, 1.807) is 12.1 Å². The zero-order valence-electron chi connectivity index (χ0n) is 18.0. The average molecular weight is 473 g/mol. The Morgan fingerprint density at radius 1 is 0.879 bits per heavy atom. The van der Waals surface area contributed by atoms with Crippen molar-refractivity contribution in [2.75, 3.05) is 4.90 Å². The van der Waals surface area contributed by atoms with Gasteiger partial charge in [0, 0.05) is 16.6 Å². The van der Waals surface area contributed by atoms with Crippen molar-refractivity contribution in [1.29, 1.82) is 0 Å². The Morgan fingerprint density at radius 2 is 1.52 bits per heavy atom. The summed E-state index contributed by atoms with van der Waals surface area (Å²) < 4.78 is 42.2. The number of halogens is 4. The van der Waals surface area contributed by atoms with Gasteiger partial charge in [0.1, 0.15) is 11.6 Å². The van der Waals surface area contributed by atoms with Gasteiger partial charge in [-0.2, -0.15) is 0 Å². The Balaban J connectivity index is 1.46. The minimum absolute atomic E-state index is 0.0803. The number of hydrogen-bond acceptors (Lipinski definition) is 3. The van der Waals surface area contributed by atoms with Crippen molar-refractivity contribution in [3.63, 3.8) is 0 Å². The third-order valence-corrected chi connectivity index (χ3v) is 8.00. The molecule has 172 valence electrons. The van der Waals surface area contributed by atoms with Gasteiger partial charge in [-0.1, -0.05) is 23.7 Å². The lowest BCUT2D eigenvalue weighted by molar-refractivity contribution is -0.274. The van der Waals surface area contributed by atoms with E-state index >= 15 is 0 Å². The summed E-state index contributed by atoms with van der Waals surface area (Å²) >= 11 is 6.48. The van der Waals surface area contributed by atoms with Gasteiger partial charge in [-0.3, -0.25) is 0 Å². The molecule has 0 saturated heterocycles. The number of rotatable bonds is 4. The molecule has 4 saturated carbocycles. The SMILES string of the molecule is FC(F)(F)Oc1ccc(N(c2ccc3cccc(Cl)c3n2)C23CC4CC(CC(C4)C2)C3)cc1. The fourth-order valence-corrected chi connectivity index (χ4v) is 7.23. The number of nitrogens with zero attached hydrogens (tertiary/aromatic N) is 2. The molecule has 4 aliphatic carbocycles. The molecule has 0 atom stereocenters. The van der Waals surface area contributed by atoms with E-state index in [1.807, 2.05) is 30.3 Å². The first-order valence-electron chi connectivity index (χ1n) is 11.5. The summed E-state index contributed by atoms with van der Waals surface area (Å²) in [6, 6.07) is 16.0. The van der Waals surface area contributed by atoms with Gasteiger partial charge in [0.25, 0.3) is 0 Å². The molecule has 3 aromatic rings. The molecule has 1 heterocycles. The highest BCUT2D eigenvalue weighted by Crippen LogP contribution is 2.59. The molecule has 0 N–H and O–H groups in total. The predicted molar refractivity (Wildman–Crippen MR) is 123 cm³/mol. The van der Waals surface area contributed by atoms with E-state index in [9.17, 15) is 13.2 Å². The first-order valence-corrected chi connectivity index (χ1v) is 11.9. The van der Waals surface area contributed by atoms with E-state index in [0.717, 1.165) is 41.7 Å². The normalized spacial score (nSPS) is 28.3. The van der Waals surface area contributed by atoms with Crippen LogP contribution >= 0.6 is 11.6 Å². The second kappa shape index (κ2) is 7.52. The summed E-state index contributed by atoms with van der Waals surface area (Å²) in [4.78, 5) is 7.26. The molecule has 0 spiro atoms. The van der Waals surface area contributed by atoms with Crippen LogP contribution in [0.5, 0.6) is 5.75 Å². The molecule has 4 bridgehead atoms. The van der Waals surface area contributed by atoms with Crippen LogP contribution in [0.4, 0.5) is 24.7 Å². The molecule has 0 unspecified atom stereocenters. The Morgan fingerprint density at radius 3 is 2.12 bits per heavy atom. The highest BCUT2D eigenvalue weighted by atomic mass is 35.5. The first-order chi connectivity index (χ1) is 15.8. The van der Waals surface area contributed by atoms with Crippen LogP contribution in [0.3, 0.4) is 0 Å². The van der Waals surface area contributed by atoms with Crippen molar-refractivity contribution < 1.29 is 17.9 Å². The van der Waals surface area contributed by atoms with Crippen molar-refractivity contribution in [1.82, 2.24) is 4.98 Å². The topological polar surface area (TPSA) is 25.4 Å². The maximum Gasteiger partial charge on any atom is 0.573 e. The molecule has 7 heteroatoms. The minimum atomic E-state index is -4.71. The van der Waals surface area contributed by atoms with Crippen molar-refractivity contribution >= 4 is 34.0 Å². The summed E-state index contributed by atoms with van der Waals surface area (Å²) in [6.45, 7) is 0. The molecule has 0 radical (unpaired) electrons. The number of aromatic nitrogens is 1. The molecule has 0 aliphatic heterocycles. The fraction of sp³-hybridized carbons (Fsp3) is 0.423. The highest BCUT2D eigenvalue weighted by molar-refractivity contribution is 6.35. The smallest absolute Gasteiger partial charge is 0.406 e. The summed E-state index contributed by atoms with van der Waals surface area (Å²) in [7, 11) is 0. The Labute approximate surface area is 195 Å². The molecular weight excluding hydrogens is 449 g/mol. The van der Waals surface area contributed by atoms with E-state index in [0.29, 0.717) is 22.8 Å². The van der Waals surface area contributed by atoms with Crippen LogP contribution in [0.2, 0.25) is 5.02 Å². The van der Waals surface area contributed by atoms with Crippen LogP contribution in [0.1, 0.15) is 38.5 Å². The molecule has 1 aromatic heterocycles. The molecule has 33 heavy (non-hydrogen) atoms. The Bertz CT molecular complexity index is 1160. The number of fused-ring (bicyclic) bond motifs is 1. The van der Waals surface area contributed by atoms with E-state index < -0.39 is 6.36 Å². The van der Waals surface area contributed by atoms with Gasteiger partial charge in [0.15, 0.2) is 0 Å². The van der Waals surface area contributed by atoms with Crippen LogP contribution in [-0.2, 0) is 0 Å². The number of benzene rings is 2. The van der Waals surface area contributed by atoms with Gasteiger partial charge in [-0.05, 0) is 98.7 Å². The number of para-hydroxylation sites is 1. The number of alkyl halides is 3. The van der Waals surface area contributed by atoms with Gasteiger partial charge in [-0.25, -0.2) is 4.98 Å². The van der Waals surface area contributed by atoms with E-state index in [4.69, 9.17) is 16.6 Å². The number of hydrogen-bond donors (Lipinski definition) is 0. The molecule has 3 nitrogen and oxygen atoms in total. The monoisotopic (exact) mass is 472 g/mol. The third-order valence-electron chi connectivity index (χ3n) is 7.69. The highest BCUT2D eigenvalue weighted by Gasteiger charge is 2.54. The van der Waals surface area contributed by atoms with E-state index in [1.165, 1.54) is 31.4 Å². The molecule has 0 amide bonds. The minimum Gasteiger partial charge on any atom is -0.406 e. The van der Waals surface area contributed by atoms with Crippen LogP contribution in [0, 0.1) is 17.8 Å². The third kappa shape index (κ3) is 3.82.